The summed E-state index contributed by atoms with van der Waals surface area (Å²) in [7, 11) is 0. The van der Waals surface area contributed by atoms with Crippen LogP contribution in [0.1, 0.15) is 0 Å². The number of carbonyl (C=O) groups excluding carboxylic acids is 1. The summed E-state index contributed by atoms with van der Waals surface area (Å²) in [6, 6.07) is 13.2. The molecule has 1 amide bonds. The van der Waals surface area contributed by atoms with Crippen LogP contribution in [-0.2, 0) is 4.79 Å². The zero-order chi connectivity index (χ0) is 20.4. The Morgan fingerprint density at radius 3 is 2.79 bits per heavy atom. The third-order valence-corrected chi connectivity index (χ3v) is 5.07. The molecule has 146 valence electrons. The van der Waals surface area contributed by atoms with Gasteiger partial charge in [0.1, 0.15) is 11.2 Å². The van der Waals surface area contributed by atoms with Crippen molar-refractivity contribution in [1.82, 2.24) is 19.7 Å². The van der Waals surface area contributed by atoms with E-state index in [4.69, 9.17) is 11.6 Å². The van der Waals surface area contributed by atoms with E-state index in [1.807, 2.05) is 30.3 Å². The van der Waals surface area contributed by atoms with Crippen LogP contribution in [0.4, 0.5) is 10.1 Å². The number of fused-ring (bicyclic) bond motifs is 1. The Bertz CT molecular complexity index is 1260. The van der Waals surface area contributed by atoms with Crippen LogP contribution in [0.15, 0.2) is 64.7 Å². The van der Waals surface area contributed by atoms with Gasteiger partial charge < -0.3 is 10.3 Å². The Kier molecular flexibility index (Phi) is 5.32. The van der Waals surface area contributed by atoms with E-state index in [9.17, 15) is 14.0 Å². The average molecular weight is 430 g/mol. The summed E-state index contributed by atoms with van der Waals surface area (Å²) < 4.78 is 15.3. The van der Waals surface area contributed by atoms with Gasteiger partial charge in [-0.3, -0.25) is 9.59 Å². The maximum Gasteiger partial charge on any atom is 0.262 e. The number of halogens is 2. The van der Waals surface area contributed by atoms with Gasteiger partial charge in [0.15, 0.2) is 10.8 Å². The summed E-state index contributed by atoms with van der Waals surface area (Å²) in [4.78, 5) is 31.5. The highest BCUT2D eigenvalue weighted by Crippen LogP contribution is 2.21. The first-order valence-corrected chi connectivity index (χ1v) is 9.79. The Labute approximate surface area is 172 Å². The van der Waals surface area contributed by atoms with Crippen molar-refractivity contribution in [2.45, 2.75) is 5.16 Å². The predicted octanol–water partition coefficient (Wildman–Crippen LogP) is 3.63. The number of hydrogen-bond acceptors (Lipinski definition) is 5. The van der Waals surface area contributed by atoms with Crippen LogP contribution in [0.3, 0.4) is 0 Å². The van der Waals surface area contributed by atoms with Gasteiger partial charge in [0.05, 0.1) is 23.3 Å². The number of amides is 1. The Hall–Kier alpha value is -3.17. The number of anilines is 1. The molecule has 0 bridgehead atoms. The second-order valence-electron chi connectivity index (χ2n) is 5.96. The second kappa shape index (κ2) is 8.06. The number of nitrogens with zero attached hydrogens (tertiary/aromatic N) is 3. The van der Waals surface area contributed by atoms with Crippen molar-refractivity contribution in [3.63, 3.8) is 0 Å². The summed E-state index contributed by atoms with van der Waals surface area (Å²) in [5.41, 5.74) is 0.807. The Balaban J connectivity index is 1.54. The first-order valence-electron chi connectivity index (χ1n) is 8.42. The molecule has 0 aliphatic carbocycles. The van der Waals surface area contributed by atoms with Gasteiger partial charge in [0.25, 0.3) is 5.56 Å². The third kappa shape index (κ3) is 4.15. The lowest BCUT2D eigenvalue weighted by molar-refractivity contribution is -0.113. The van der Waals surface area contributed by atoms with E-state index >= 15 is 0 Å². The zero-order valence-electron chi connectivity index (χ0n) is 14.7. The molecular weight excluding hydrogens is 417 g/mol. The molecule has 0 saturated heterocycles. The first kappa shape index (κ1) is 19.2. The lowest BCUT2D eigenvalue weighted by Crippen LogP contribution is -2.16. The normalized spacial score (nSPS) is 11.0. The number of hydrogen-bond donors (Lipinski definition) is 2. The summed E-state index contributed by atoms with van der Waals surface area (Å²) in [5.74, 6) is -1.15. The van der Waals surface area contributed by atoms with Crippen LogP contribution in [-0.4, -0.2) is 31.4 Å². The summed E-state index contributed by atoms with van der Waals surface area (Å²) in [5, 5.41) is 7.52. The minimum atomic E-state index is -0.629. The molecule has 10 heteroatoms. The van der Waals surface area contributed by atoms with E-state index in [0.29, 0.717) is 11.0 Å². The van der Waals surface area contributed by atoms with E-state index in [2.05, 4.69) is 20.4 Å². The van der Waals surface area contributed by atoms with Crippen LogP contribution < -0.4 is 10.9 Å². The van der Waals surface area contributed by atoms with Crippen LogP contribution in [0.25, 0.3) is 16.7 Å². The van der Waals surface area contributed by atoms with E-state index in [-0.39, 0.29) is 27.2 Å². The molecule has 4 rings (SSSR count). The molecule has 2 heterocycles. The number of aromatic nitrogens is 4. The quantitative estimate of drug-likeness (QED) is 0.373. The molecule has 2 aromatic heterocycles. The van der Waals surface area contributed by atoms with Crippen molar-refractivity contribution in [1.29, 1.82) is 0 Å². The lowest BCUT2D eigenvalue weighted by Gasteiger charge is -2.07. The largest absolute Gasteiger partial charge is 0.323 e. The van der Waals surface area contributed by atoms with E-state index in [1.165, 1.54) is 18.3 Å². The first-order chi connectivity index (χ1) is 14.0. The topological polar surface area (TPSA) is 92.7 Å². The number of nitrogens with one attached hydrogen (secondary N) is 2. The highest BCUT2D eigenvalue weighted by molar-refractivity contribution is 7.99. The van der Waals surface area contributed by atoms with Gasteiger partial charge in [-0.15, -0.1) is 0 Å². The van der Waals surface area contributed by atoms with Gasteiger partial charge in [0.2, 0.25) is 5.91 Å². The average Bonchev–Trinajstić information content (AvgIpc) is 3.14. The van der Waals surface area contributed by atoms with Crippen molar-refractivity contribution in [2.24, 2.45) is 0 Å². The van der Waals surface area contributed by atoms with Crippen molar-refractivity contribution in [2.75, 3.05) is 11.1 Å². The van der Waals surface area contributed by atoms with Crippen LogP contribution in [0.2, 0.25) is 5.02 Å². The molecule has 0 saturated carbocycles. The molecule has 0 aliphatic rings. The minimum absolute atomic E-state index is 0.0269. The molecule has 0 spiro atoms. The molecule has 4 aromatic rings. The van der Waals surface area contributed by atoms with Crippen molar-refractivity contribution >= 4 is 46.0 Å². The molecular formula is C19H13ClFN5O2S. The van der Waals surface area contributed by atoms with Gasteiger partial charge in [-0.25, -0.2) is 14.1 Å². The molecule has 0 unspecified atom stereocenters. The number of carbonyl (C=O) groups is 1. The van der Waals surface area contributed by atoms with E-state index in [1.54, 1.807) is 4.68 Å². The van der Waals surface area contributed by atoms with Crippen LogP contribution in [0.5, 0.6) is 0 Å². The fourth-order valence-electron chi connectivity index (χ4n) is 2.64. The Morgan fingerprint density at radius 2 is 2.03 bits per heavy atom. The molecule has 0 radical (unpaired) electrons. The third-order valence-electron chi connectivity index (χ3n) is 3.96. The van der Waals surface area contributed by atoms with Gasteiger partial charge in [-0.2, -0.15) is 5.10 Å². The lowest BCUT2D eigenvalue weighted by atomic mass is 10.3. The number of rotatable bonds is 5. The molecule has 0 aliphatic heterocycles. The smallest absolute Gasteiger partial charge is 0.262 e. The highest BCUT2D eigenvalue weighted by Gasteiger charge is 2.13. The minimum Gasteiger partial charge on any atom is -0.323 e. The van der Waals surface area contributed by atoms with Crippen molar-refractivity contribution in [3.8, 4) is 5.69 Å². The van der Waals surface area contributed by atoms with Gasteiger partial charge in [-0.1, -0.05) is 41.6 Å². The maximum atomic E-state index is 13.8. The molecule has 0 atom stereocenters. The fraction of sp³-hybridized carbons (Fsp3) is 0.0526. The number of benzene rings is 2. The molecule has 7 nitrogen and oxygen atoms in total. The van der Waals surface area contributed by atoms with E-state index in [0.717, 1.165) is 23.5 Å². The molecule has 2 aromatic carbocycles. The predicted molar refractivity (Wildman–Crippen MR) is 110 cm³/mol. The zero-order valence-corrected chi connectivity index (χ0v) is 16.3. The maximum absolute atomic E-state index is 13.8. The van der Waals surface area contributed by atoms with Crippen LogP contribution >= 0.6 is 23.4 Å². The van der Waals surface area contributed by atoms with Crippen LogP contribution in [0, 0.1) is 5.82 Å². The van der Waals surface area contributed by atoms with Gasteiger partial charge in [-0.05, 0) is 30.3 Å². The molecule has 2 N–H and O–H groups in total. The fourth-order valence-corrected chi connectivity index (χ4v) is 3.45. The number of para-hydroxylation sites is 1. The van der Waals surface area contributed by atoms with Gasteiger partial charge >= 0.3 is 0 Å². The monoisotopic (exact) mass is 429 g/mol. The van der Waals surface area contributed by atoms with Crippen molar-refractivity contribution < 1.29 is 9.18 Å². The summed E-state index contributed by atoms with van der Waals surface area (Å²) in [6.45, 7) is 0. The van der Waals surface area contributed by atoms with E-state index < -0.39 is 11.7 Å². The van der Waals surface area contributed by atoms with Gasteiger partial charge in [0, 0.05) is 5.02 Å². The number of thioether (sulfide) groups is 1. The Morgan fingerprint density at radius 1 is 1.24 bits per heavy atom. The number of H-pyrrole nitrogens is 1. The summed E-state index contributed by atoms with van der Waals surface area (Å²) >= 11 is 6.72. The van der Waals surface area contributed by atoms with Crippen molar-refractivity contribution in [3.05, 3.63) is 75.9 Å². The summed E-state index contributed by atoms with van der Waals surface area (Å²) in [6.07, 6.45) is 1.44. The SMILES string of the molecule is O=C(CSc1nc2c(cnn2-c2ccccc2)c(=O)[nH]1)Nc1ccc(Cl)cc1F. The standard InChI is InChI=1S/C19H13ClFN5O2S/c20-11-6-7-15(14(21)8-11)23-16(27)10-29-19-24-17-13(18(28)25-19)9-22-26(17)12-4-2-1-3-5-12/h1-9H,10H2,(H,23,27)(H,24,25,28). The molecule has 29 heavy (non-hydrogen) atoms. The second-order valence-corrected chi connectivity index (χ2v) is 7.36. The molecule has 0 fully saturated rings. The number of aromatic amines is 1. The highest BCUT2D eigenvalue weighted by atomic mass is 35.5.